The number of thioether (sulfide) groups is 2. The molecule has 1 aliphatic heterocycles. The van der Waals surface area contributed by atoms with Crippen molar-refractivity contribution in [3.8, 4) is 0 Å². The molecular formula is C22H19ClN2O2S2. The van der Waals surface area contributed by atoms with Gasteiger partial charge in [0.05, 0.1) is 16.3 Å². The molecule has 2 aromatic carbocycles. The van der Waals surface area contributed by atoms with Crippen molar-refractivity contribution in [1.82, 2.24) is 9.55 Å². The lowest BCUT2D eigenvalue weighted by Crippen LogP contribution is -2.26. The highest BCUT2D eigenvalue weighted by Crippen LogP contribution is 2.29. The fraction of sp³-hybridized carbons (Fsp3) is 0.227. The number of hydrogen-bond donors (Lipinski definition) is 0. The lowest BCUT2D eigenvalue weighted by Gasteiger charge is -2.13. The fourth-order valence-electron chi connectivity index (χ4n) is 3.17. The number of carbonyl (C=O) groups is 1. The van der Waals surface area contributed by atoms with E-state index < -0.39 is 0 Å². The van der Waals surface area contributed by atoms with Crippen LogP contribution in [-0.4, -0.2) is 26.8 Å². The van der Waals surface area contributed by atoms with Gasteiger partial charge in [-0.3, -0.25) is 14.2 Å². The van der Waals surface area contributed by atoms with Gasteiger partial charge in [-0.2, -0.15) is 0 Å². The number of carbonyl (C=O) groups excluding carboxylic acids is 1. The number of fused-ring (bicyclic) bond motifs is 1. The second-order valence-electron chi connectivity index (χ2n) is 6.68. The number of Topliss-reactive ketones (excluding diaryl/α,β-unsaturated/α-hetero) is 1. The molecular weight excluding hydrogens is 424 g/mol. The van der Waals surface area contributed by atoms with Gasteiger partial charge >= 0.3 is 0 Å². The molecule has 2 heterocycles. The quantitative estimate of drug-likeness (QED) is 0.300. The summed E-state index contributed by atoms with van der Waals surface area (Å²) in [5.41, 5.74) is 2.64. The minimum absolute atomic E-state index is 0.00889. The van der Waals surface area contributed by atoms with Crippen LogP contribution in [0.2, 0.25) is 5.02 Å². The highest BCUT2D eigenvalue weighted by atomic mass is 35.5. The standard InChI is InChI=1S/C22H19ClN2O2S2/c23-17-8-6-16(7-9-17)19(26)14-29-22-24-18-11-13-28-20(18)21(27)25(22)12-10-15-4-2-1-3-5-15/h1-9H,10-14H2. The SMILES string of the molecule is O=C(CSc1nc2c(c(=O)n1CCc1ccccc1)SCC2)c1ccc(Cl)cc1. The molecule has 0 aliphatic carbocycles. The number of nitrogens with zero attached hydrogens (tertiary/aromatic N) is 2. The maximum atomic E-state index is 13.0. The molecule has 0 radical (unpaired) electrons. The molecule has 1 aromatic heterocycles. The van der Waals surface area contributed by atoms with E-state index in [2.05, 4.69) is 12.1 Å². The summed E-state index contributed by atoms with van der Waals surface area (Å²) in [6.45, 7) is 0.543. The molecule has 7 heteroatoms. The van der Waals surface area contributed by atoms with E-state index in [-0.39, 0.29) is 17.1 Å². The second-order valence-corrected chi connectivity index (χ2v) is 9.16. The van der Waals surface area contributed by atoms with E-state index in [1.54, 1.807) is 40.6 Å². The molecule has 29 heavy (non-hydrogen) atoms. The van der Waals surface area contributed by atoms with Crippen LogP contribution in [0, 0.1) is 0 Å². The molecule has 0 spiro atoms. The normalized spacial score (nSPS) is 12.7. The van der Waals surface area contributed by atoms with Crippen molar-refractivity contribution in [1.29, 1.82) is 0 Å². The predicted octanol–water partition coefficient (Wildman–Crippen LogP) is 4.76. The monoisotopic (exact) mass is 442 g/mol. The average molecular weight is 443 g/mol. The van der Waals surface area contributed by atoms with Gasteiger partial charge in [0, 0.05) is 29.3 Å². The van der Waals surface area contributed by atoms with Crippen LogP contribution in [0.25, 0.3) is 0 Å². The van der Waals surface area contributed by atoms with Gasteiger partial charge in [-0.05, 0) is 36.2 Å². The van der Waals surface area contributed by atoms with Crippen molar-refractivity contribution in [2.24, 2.45) is 0 Å². The zero-order chi connectivity index (χ0) is 20.2. The molecule has 0 unspecified atom stereocenters. The number of hydrogen-bond acceptors (Lipinski definition) is 5. The molecule has 1 aliphatic rings. The Labute approximate surface area is 182 Å². The summed E-state index contributed by atoms with van der Waals surface area (Å²) in [5, 5.41) is 1.22. The van der Waals surface area contributed by atoms with Gasteiger partial charge in [0.2, 0.25) is 0 Å². The minimum Gasteiger partial charge on any atom is -0.293 e. The highest BCUT2D eigenvalue weighted by molar-refractivity contribution is 8.00. The van der Waals surface area contributed by atoms with Crippen molar-refractivity contribution >= 4 is 40.9 Å². The summed E-state index contributed by atoms with van der Waals surface area (Å²) in [6.07, 6.45) is 1.54. The topological polar surface area (TPSA) is 52.0 Å². The molecule has 0 bridgehead atoms. The van der Waals surface area contributed by atoms with Crippen molar-refractivity contribution < 1.29 is 4.79 Å². The number of aryl methyl sites for hydroxylation is 2. The van der Waals surface area contributed by atoms with Crippen LogP contribution in [0.4, 0.5) is 0 Å². The summed E-state index contributed by atoms with van der Waals surface area (Å²) in [4.78, 5) is 31.1. The first-order valence-corrected chi connectivity index (χ1v) is 11.7. The lowest BCUT2D eigenvalue weighted by molar-refractivity contribution is 0.102. The first-order chi connectivity index (χ1) is 14.1. The molecule has 4 nitrogen and oxygen atoms in total. The number of halogens is 1. The summed E-state index contributed by atoms with van der Waals surface area (Å²) in [5.74, 6) is 1.10. The summed E-state index contributed by atoms with van der Waals surface area (Å²) in [6, 6.07) is 16.9. The molecule has 0 saturated carbocycles. The Kier molecular flexibility index (Phi) is 6.43. The summed E-state index contributed by atoms with van der Waals surface area (Å²) < 4.78 is 1.73. The van der Waals surface area contributed by atoms with Gasteiger partial charge in [-0.1, -0.05) is 53.7 Å². The lowest BCUT2D eigenvalue weighted by atomic mass is 10.1. The van der Waals surface area contributed by atoms with E-state index in [0.717, 1.165) is 29.2 Å². The third kappa shape index (κ3) is 4.77. The van der Waals surface area contributed by atoms with Crippen LogP contribution in [0.15, 0.2) is 69.4 Å². The smallest absolute Gasteiger partial charge is 0.268 e. The summed E-state index contributed by atoms with van der Waals surface area (Å²) >= 11 is 8.81. The molecule has 0 atom stereocenters. The molecule has 0 amide bonds. The van der Waals surface area contributed by atoms with Crippen molar-refractivity contribution in [3.63, 3.8) is 0 Å². The van der Waals surface area contributed by atoms with E-state index in [0.29, 0.717) is 22.3 Å². The maximum absolute atomic E-state index is 13.0. The Morgan fingerprint density at radius 1 is 1.14 bits per heavy atom. The van der Waals surface area contributed by atoms with Gasteiger partial charge < -0.3 is 0 Å². The largest absolute Gasteiger partial charge is 0.293 e. The molecule has 4 rings (SSSR count). The maximum Gasteiger partial charge on any atom is 0.268 e. The average Bonchev–Trinajstić information content (AvgIpc) is 3.21. The third-order valence-electron chi connectivity index (χ3n) is 4.71. The number of benzene rings is 2. The number of aromatic nitrogens is 2. The highest BCUT2D eigenvalue weighted by Gasteiger charge is 2.22. The van der Waals surface area contributed by atoms with Gasteiger partial charge in [0.25, 0.3) is 5.56 Å². The number of ketones is 1. The zero-order valence-electron chi connectivity index (χ0n) is 15.6. The van der Waals surface area contributed by atoms with E-state index in [1.165, 1.54) is 17.3 Å². The van der Waals surface area contributed by atoms with E-state index in [4.69, 9.17) is 16.6 Å². The molecule has 0 N–H and O–H groups in total. The minimum atomic E-state index is -0.00889. The van der Waals surface area contributed by atoms with Crippen LogP contribution in [0.5, 0.6) is 0 Å². The van der Waals surface area contributed by atoms with Crippen LogP contribution in [0.3, 0.4) is 0 Å². The molecule has 0 fully saturated rings. The Bertz CT molecular complexity index is 1080. The van der Waals surface area contributed by atoms with Crippen LogP contribution in [0.1, 0.15) is 21.6 Å². The zero-order valence-corrected chi connectivity index (χ0v) is 18.0. The first-order valence-electron chi connectivity index (χ1n) is 9.34. The molecule has 148 valence electrons. The van der Waals surface area contributed by atoms with Gasteiger partial charge in [-0.25, -0.2) is 4.98 Å². The van der Waals surface area contributed by atoms with Crippen molar-refractivity contribution in [2.75, 3.05) is 11.5 Å². The van der Waals surface area contributed by atoms with Crippen LogP contribution >= 0.6 is 35.1 Å². The third-order valence-corrected chi connectivity index (χ3v) is 7.05. The van der Waals surface area contributed by atoms with E-state index >= 15 is 0 Å². The molecule has 0 saturated heterocycles. The van der Waals surface area contributed by atoms with Crippen LogP contribution in [-0.2, 0) is 19.4 Å². The first kappa shape index (κ1) is 20.3. The Balaban J connectivity index is 1.56. The van der Waals surface area contributed by atoms with Gasteiger partial charge in [0.15, 0.2) is 10.9 Å². The Hall–Kier alpha value is -2.02. The van der Waals surface area contributed by atoms with Gasteiger partial charge in [-0.15, -0.1) is 11.8 Å². The van der Waals surface area contributed by atoms with Gasteiger partial charge in [0.1, 0.15) is 0 Å². The van der Waals surface area contributed by atoms with Crippen LogP contribution < -0.4 is 5.56 Å². The van der Waals surface area contributed by atoms with E-state index in [9.17, 15) is 9.59 Å². The van der Waals surface area contributed by atoms with Crippen molar-refractivity contribution in [3.05, 3.63) is 86.8 Å². The van der Waals surface area contributed by atoms with E-state index in [1.807, 2.05) is 18.2 Å². The Morgan fingerprint density at radius 3 is 2.66 bits per heavy atom. The van der Waals surface area contributed by atoms with Crippen molar-refractivity contribution in [2.45, 2.75) is 29.4 Å². The fourth-order valence-corrected chi connectivity index (χ4v) is 5.27. The molecule has 3 aromatic rings. The Morgan fingerprint density at radius 2 is 1.90 bits per heavy atom. The summed E-state index contributed by atoms with van der Waals surface area (Å²) in [7, 11) is 0. The predicted molar refractivity (Wildman–Crippen MR) is 120 cm³/mol. The second kappa shape index (κ2) is 9.20. The number of rotatable bonds is 7.